The fourth-order valence-electron chi connectivity index (χ4n) is 2.54. The van der Waals surface area contributed by atoms with Gasteiger partial charge in [0.05, 0.1) is 5.60 Å². The smallest absolute Gasteiger partial charge is 0.423 e. The fourth-order valence-corrected chi connectivity index (χ4v) is 2.54. The van der Waals surface area contributed by atoms with Crippen LogP contribution in [0, 0.1) is 5.82 Å². The van der Waals surface area contributed by atoms with Crippen molar-refractivity contribution in [2.24, 2.45) is 0 Å². The molecule has 0 bridgehead atoms. The Bertz CT molecular complexity index is 751. The van der Waals surface area contributed by atoms with E-state index in [1.54, 1.807) is 18.2 Å². The summed E-state index contributed by atoms with van der Waals surface area (Å²) in [7, 11) is -1.05. The van der Waals surface area contributed by atoms with E-state index < -0.39 is 24.4 Å². The number of anilines is 1. The van der Waals surface area contributed by atoms with Crippen LogP contribution in [0.4, 0.5) is 10.1 Å². The first-order valence-electron chi connectivity index (χ1n) is 6.80. The number of hydrogen-bond acceptors (Lipinski definition) is 4. The molecule has 1 aromatic heterocycles. The molecule has 112 valence electrons. The number of carbonyl (C=O) groups is 1. The number of carbonyl (C=O) groups excluding carboxylic acids is 1. The standard InChI is InChI=1S/C15H14BFN2O3/c1-15(2)10-6-5-9(8-11(10)16(21)22-15)19-14(20)13-12(17)4-3-7-18-13/h3-8,21H,1-2H3,(H,19,20). The summed E-state index contributed by atoms with van der Waals surface area (Å²) in [6.45, 7) is 3.70. The molecule has 1 aromatic carbocycles. The monoisotopic (exact) mass is 300 g/mol. The highest BCUT2D eigenvalue weighted by atomic mass is 19.1. The van der Waals surface area contributed by atoms with Crippen LogP contribution in [0.1, 0.15) is 29.9 Å². The number of benzene rings is 1. The van der Waals surface area contributed by atoms with Gasteiger partial charge in [-0.3, -0.25) is 4.79 Å². The molecule has 0 saturated heterocycles. The highest BCUT2D eigenvalue weighted by Crippen LogP contribution is 2.30. The van der Waals surface area contributed by atoms with Gasteiger partial charge in [0.1, 0.15) is 0 Å². The minimum absolute atomic E-state index is 0.278. The molecular weight excluding hydrogens is 286 g/mol. The van der Waals surface area contributed by atoms with Crippen LogP contribution in [0.25, 0.3) is 0 Å². The van der Waals surface area contributed by atoms with Gasteiger partial charge >= 0.3 is 7.12 Å². The molecule has 2 aromatic rings. The van der Waals surface area contributed by atoms with E-state index in [2.05, 4.69) is 10.3 Å². The van der Waals surface area contributed by atoms with Gasteiger partial charge in [0.25, 0.3) is 5.91 Å². The van der Waals surface area contributed by atoms with E-state index in [9.17, 15) is 14.2 Å². The number of halogens is 1. The summed E-state index contributed by atoms with van der Waals surface area (Å²) in [5.74, 6) is -1.34. The first kappa shape index (κ1) is 14.7. The van der Waals surface area contributed by atoms with Crippen molar-refractivity contribution < 1.29 is 18.9 Å². The molecule has 2 N–H and O–H groups in total. The van der Waals surface area contributed by atoms with E-state index in [0.29, 0.717) is 11.2 Å². The molecule has 0 atom stereocenters. The van der Waals surface area contributed by atoms with E-state index in [1.807, 2.05) is 13.8 Å². The van der Waals surface area contributed by atoms with Crippen molar-refractivity contribution in [1.29, 1.82) is 0 Å². The zero-order valence-corrected chi connectivity index (χ0v) is 12.1. The second-order valence-corrected chi connectivity index (χ2v) is 5.57. The Labute approximate surface area is 127 Å². The van der Waals surface area contributed by atoms with Crippen LogP contribution in [-0.2, 0) is 10.3 Å². The SMILES string of the molecule is CC1(C)OB(O)c2cc(NC(=O)c3ncccc3F)ccc21. The van der Waals surface area contributed by atoms with Crippen molar-refractivity contribution in [3.05, 3.63) is 53.6 Å². The summed E-state index contributed by atoms with van der Waals surface area (Å²) in [4.78, 5) is 15.8. The predicted molar refractivity (Wildman–Crippen MR) is 80.3 cm³/mol. The summed E-state index contributed by atoms with van der Waals surface area (Å²) in [5.41, 5.74) is 1.00. The molecule has 0 saturated carbocycles. The lowest BCUT2D eigenvalue weighted by Gasteiger charge is -2.19. The van der Waals surface area contributed by atoms with Crippen LogP contribution in [0.2, 0.25) is 0 Å². The lowest BCUT2D eigenvalue weighted by atomic mass is 9.78. The van der Waals surface area contributed by atoms with Gasteiger partial charge in [-0.05, 0) is 49.1 Å². The topological polar surface area (TPSA) is 71.5 Å². The quantitative estimate of drug-likeness (QED) is 0.823. The van der Waals surface area contributed by atoms with Crippen molar-refractivity contribution in [2.75, 3.05) is 5.32 Å². The lowest BCUT2D eigenvalue weighted by molar-refractivity contribution is 0.100. The van der Waals surface area contributed by atoms with Crippen LogP contribution >= 0.6 is 0 Å². The summed E-state index contributed by atoms with van der Waals surface area (Å²) in [5, 5.41) is 12.5. The normalized spacial score (nSPS) is 15.5. The summed E-state index contributed by atoms with van der Waals surface area (Å²) >= 11 is 0. The third-order valence-electron chi connectivity index (χ3n) is 3.60. The number of hydrogen-bond donors (Lipinski definition) is 2. The van der Waals surface area contributed by atoms with Crippen molar-refractivity contribution in [1.82, 2.24) is 4.98 Å². The fraction of sp³-hybridized carbons (Fsp3) is 0.200. The Morgan fingerprint density at radius 3 is 2.91 bits per heavy atom. The molecule has 5 nitrogen and oxygen atoms in total. The first-order valence-corrected chi connectivity index (χ1v) is 6.80. The third kappa shape index (κ3) is 2.49. The molecule has 1 amide bonds. The van der Waals surface area contributed by atoms with E-state index >= 15 is 0 Å². The molecule has 7 heteroatoms. The van der Waals surface area contributed by atoms with Gasteiger partial charge in [0, 0.05) is 11.9 Å². The van der Waals surface area contributed by atoms with Crippen LogP contribution < -0.4 is 10.8 Å². The zero-order valence-electron chi connectivity index (χ0n) is 12.1. The second-order valence-electron chi connectivity index (χ2n) is 5.57. The van der Waals surface area contributed by atoms with Crippen molar-refractivity contribution in [3.63, 3.8) is 0 Å². The van der Waals surface area contributed by atoms with Crippen LogP contribution in [-0.4, -0.2) is 23.0 Å². The van der Waals surface area contributed by atoms with Gasteiger partial charge in [-0.15, -0.1) is 0 Å². The number of pyridine rings is 1. The number of amides is 1. The predicted octanol–water partition coefficient (Wildman–Crippen LogP) is 1.43. The zero-order chi connectivity index (χ0) is 15.9. The Kier molecular flexibility index (Phi) is 3.46. The van der Waals surface area contributed by atoms with E-state index in [-0.39, 0.29) is 5.69 Å². The summed E-state index contributed by atoms with van der Waals surface area (Å²) in [6.07, 6.45) is 1.35. The Morgan fingerprint density at radius 2 is 2.18 bits per heavy atom. The molecule has 1 aliphatic rings. The minimum Gasteiger partial charge on any atom is -0.423 e. The average molecular weight is 300 g/mol. The molecule has 0 radical (unpaired) electrons. The molecule has 1 aliphatic heterocycles. The van der Waals surface area contributed by atoms with Crippen molar-refractivity contribution in [3.8, 4) is 0 Å². The van der Waals surface area contributed by atoms with E-state index in [0.717, 1.165) is 5.56 Å². The van der Waals surface area contributed by atoms with Crippen LogP contribution in [0.15, 0.2) is 36.5 Å². The van der Waals surface area contributed by atoms with Crippen LogP contribution in [0.5, 0.6) is 0 Å². The van der Waals surface area contributed by atoms with Gasteiger partial charge in [0.2, 0.25) is 0 Å². The van der Waals surface area contributed by atoms with Gasteiger partial charge in [-0.2, -0.15) is 0 Å². The lowest BCUT2D eigenvalue weighted by Crippen LogP contribution is -2.29. The van der Waals surface area contributed by atoms with Gasteiger partial charge in [0.15, 0.2) is 11.5 Å². The molecule has 2 heterocycles. The van der Waals surface area contributed by atoms with Gasteiger partial charge in [-0.25, -0.2) is 9.37 Å². The summed E-state index contributed by atoms with van der Waals surface area (Å²) in [6, 6.07) is 7.66. The van der Waals surface area contributed by atoms with Gasteiger partial charge < -0.3 is 15.0 Å². The summed E-state index contributed by atoms with van der Waals surface area (Å²) < 4.78 is 19.0. The number of fused-ring (bicyclic) bond motifs is 1. The second kappa shape index (κ2) is 5.19. The first-order chi connectivity index (χ1) is 10.4. The Balaban J connectivity index is 1.88. The Morgan fingerprint density at radius 1 is 1.41 bits per heavy atom. The number of rotatable bonds is 2. The Hall–Kier alpha value is -2.25. The largest absolute Gasteiger partial charge is 0.492 e. The number of nitrogens with zero attached hydrogens (tertiary/aromatic N) is 1. The minimum atomic E-state index is -1.05. The molecular formula is C15H14BFN2O3. The molecule has 0 spiro atoms. The molecule has 0 unspecified atom stereocenters. The van der Waals surface area contributed by atoms with Crippen molar-refractivity contribution >= 4 is 24.2 Å². The van der Waals surface area contributed by atoms with Gasteiger partial charge in [-0.1, -0.05) is 6.07 Å². The highest BCUT2D eigenvalue weighted by molar-refractivity contribution is 6.62. The molecule has 0 aliphatic carbocycles. The maximum atomic E-state index is 13.5. The molecule has 22 heavy (non-hydrogen) atoms. The highest BCUT2D eigenvalue weighted by Gasteiger charge is 2.40. The van der Waals surface area contributed by atoms with E-state index in [1.165, 1.54) is 18.3 Å². The van der Waals surface area contributed by atoms with Crippen LogP contribution in [0.3, 0.4) is 0 Å². The maximum Gasteiger partial charge on any atom is 0.492 e. The number of nitrogens with one attached hydrogen (secondary N) is 1. The van der Waals surface area contributed by atoms with Crippen molar-refractivity contribution in [2.45, 2.75) is 19.4 Å². The van der Waals surface area contributed by atoms with E-state index in [4.69, 9.17) is 4.65 Å². The molecule has 3 rings (SSSR count). The average Bonchev–Trinajstić information content (AvgIpc) is 2.69. The molecule has 0 fully saturated rings. The maximum absolute atomic E-state index is 13.5. The third-order valence-corrected chi connectivity index (χ3v) is 3.60. The number of aromatic nitrogens is 1.